The Labute approximate surface area is 218 Å². The molecule has 0 bridgehead atoms. The van der Waals surface area contributed by atoms with Crippen LogP contribution in [0.5, 0.6) is 0 Å². The van der Waals surface area contributed by atoms with Crippen LogP contribution < -0.4 is 10.2 Å². The van der Waals surface area contributed by atoms with Crippen LogP contribution in [0, 0.1) is 0 Å². The molecule has 0 spiro atoms. The lowest BCUT2D eigenvalue weighted by molar-refractivity contribution is -0.0244. The molecule has 3 heterocycles. The van der Waals surface area contributed by atoms with Crippen LogP contribution in [0.4, 0.5) is 21.4 Å². The van der Waals surface area contributed by atoms with Gasteiger partial charge in [0.1, 0.15) is 18.0 Å². The lowest BCUT2D eigenvalue weighted by atomic mass is 9.98. The van der Waals surface area contributed by atoms with Crippen molar-refractivity contribution >= 4 is 24.0 Å². The molecule has 10 heteroatoms. The molecule has 2 aliphatic rings. The Bertz CT molecular complexity index is 1110. The van der Waals surface area contributed by atoms with Gasteiger partial charge in [0.15, 0.2) is 0 Å². The van der Waals surface area contributed by atoms with E-state index in [4.69, 9.17) is 9.47 Å². The summed E-state index contributed by atoms with van der Waals surface area (Å²) in [7, 11) is 0. The van der Waals surface area contributed by atoms with Crippen LogP contribution in [0.15, 0.2) is 36.5 Å². The van der Waals surface area contributed by atoms with E-state index >= 15 is 0 Å². The number of hydrogen-bond acceptors (Lipinski definition) is 8. The quantitative estimate of drug-likeness (QED) is 0.609. The van der Waals surface area contributed by atoms with Crippen LogP contribution in [-0.2, 0) is 16.0 Å². The molecule has 1 aromatic carbocycles. The van der Waals surface area contributed by atoms with Gasteiger partial charge in [0.05, 0.1) is 18.1 Å². The summed E-state index contributed by atoms with van der Waals surface area (Å²) in [5.74, 6) is 0.983. The first-order valence-electron chi connectivity index (χ1n) is 12.8. The number of piperazine rings is 1. The van der Waals surface area contributed by atoms with Gasteiger partial charge >= 0.3 is 12.2 Å². The van der Waals surface area contributed by atoms with Crippen LogP contribution in [-0.4, -0.2) is 75.9 Å². The van der Waals surface area contributed by atoms with Crippen molar-refractivity contribution in [2.75, 3.05) is 43.0 Å². The average Bonchev–Trinajstić information content (AvgIpc) is 3.24. The molecule has 0 aliphatic carbocycles. The minimum absolute atomic E-state index is 0.0221. The fraction of sp³-hybridized carbons (Fsp3) is 0.556. The molecule has 1 N–H and O–H groups in total. The molecule has 2 saturated heterocycles. The van der Waals surface area contributed by atoms with Crippen molar-refractivity contribution in [3.8, 4) is 0 Å². The van der Waals surface area contributed by atoms with E-state index in [1.165, 1.54) is 10.5 Å². The molecule has 2 aliphatic heterocycles. The van der Waals surface area contributed by atoms with Gasteiger partial charge in [-0.1, -0.05) is 24.3 Å². The molecule has 1 unspecified atom stereocenters. The third-order valence-corrected chi connectivity index (χ3v) is 6.50. The number of rotatable bonds is 6. The second-order valence-electron chi connectivity index (χ2n) is 11.3. The lowest BCUT2D eigenvalue weighted by Gasteiger charge is -2.47. The summed E-state index contributed by atoms with van der Waals surface area (Å²) in [5.41, 5.74) is 1.49. The summed E-state index contributed by atoms with van der Waals surface area (Å²) < 4.78 is 10.6. The number of carbonyl (C=O) groups is 2. The van der Waals surface area contributed by atoms with Crippen molar-refractivity contribution in [3.63, 3.8) is 0 Å². The van der Waals surface area contributed by atoms with E-state index in [2.05, 4.69) is 58.3 Å². The minimum atomic E-state index is -0.505. The molecule has 200 valence electrons. The summed E-state index contributed by atoms with van der Waals surface area (Å²) in [6, 6.07) is 10.2. The highest BCUT2D eigenvalue weighted by molar-refractivity contribution is 5.88. The number of nitrogens with one attached hydrogen (secondary N) is 1. The van der Waals surface area contributed by atoms with Gasteiger partial charge in [-0.05, 0) is 58.7 Å². The van der Waals surface area contributed by atoms with Crippen molar-refractivity contribution < 1.29 is 19.1 Å². The van der Waals surface area contributed by atoms with Crippen LogP contribution in [0.2, 0.25) is 0 Å². The molecular weight excluding hydrogens is 472 g/mol. The smallest absolute Gasteiger partial charge is 0.415 e. The zero-order valence-corrected chi connectivity index (χ0v) is 22.7. The van der Waals surface area contributed by atoms with Gasteiger partial charge in [0.25, 0.3) is 0 Å². The topological polar surface area (TPSA) is 100 Å². The van der Waals surface area contributed by atoms with Gasteiger partial charge in [0.2, 0.25) is 5.95 Å². The molecule has 2 aromatic rings. The summed E-state index contributed by atoms with van der Waals surface area (Å²) in [4.78, 5) is 39.0. The van der Waals surface area contributed by atoms with Crippen molar-refractivity contribution in [2.45, 2.75) is 65.3 Å². The minimum Gasteiger partial charge on any atom is -0.447 e. The fourth-order valence-electron chi connectivity index (χ4n) is 4.66. The maximum atomic E-state index is 12.7. The number of ether oxygens (including phenoxy) is 2. The molecule has 1 aromatic heterocycles. The number of nitrogens with zero attached hydrogens (tertiary/aromatic N) is 5. The Morgan fingerprint density at radius 2 is 1.89 bits per heavy atom. The van der Waals surface area contributed by atoms with Crippen molar-refractivity contribution in [2.24, 2.45) is 0 Å². The first-order valence-corrected chi connectivity index (χ1v) is 12.8. The zero-order chi connectivity index (χ0) is 26.8. The van der Waals surface area contributed by atoms with E-state index in [0.717, 1.165) is 25.2 Å². The summed E-state index contributed by atoms with van der Waals surface area (Å²) >= 11 is 0. The molecule has 0 radical (unpaired) electrons. The molecule has 0 saturated carbocycles. The van der Waals surface area contributed by atoms with Crippen molar-refractivity contribution in [1.82, 2.24) is 19.8 Å². The Balaban J connectivity index is 1.33. The van der Waals surface area contributed by atoms with Crippen molar-refractivity contribution in [3.05, 3.63) is 47.7 Å². The average molecular weight is 511 g/mol. The van der Waals surface area contributed by atoms with Gasteiger partial charge < -0.3 is 19.7 Å². The summed E-state index contributed by atoms with van der Waals surface area (Å²) in [5, 5.41) is 3.32. The number of anilines is 2. The standard InChI is InChI=1S/C27H38N6O4/c1-19(29-23-28-12-11-22(30-23)32-15-16-36-24(32)34)21-9-7-20(8-10-21)17-31-13-14-33(27(5,6)18-31)25(35)37-26(2,3)4/h7-12,19H,13-18H2,1-6H3,(H,28,29,30). The maximum Gasteiger partial charge on any atom is 0.415 e. The molecule has 1 atom stereocenters. The fourth-order valence-corrected chi connectivity index (χ4v) is 4.66. The number of amides is 2. The lowest BCUT2D eigenvalue weighted by Crippen LogP contribution is -2.61. The normalized spacial score (nSPS) is 18.9. The van der Waals surface area contributed by atoms with E-state index in [1.807, 2.05) is 32.6 Å². The second-order valence-corrected chi connectivity index (χ2v) is 11.3. The third kappa shape index (κ3) is 6.68. The van der Waals surface area contributed by atoms with Gasteiger partial charge in [-0.2, -0.15) is 4.98 Å². The SMILES string of the molecule is CC(Nc1nccc(N2CCOC2=O)n1)c1ccc(CN2CCN(C(=O)OC(C)(C)C)C(C)(C)C2)cc1. The van der Waals surface area contributed by atoms with Gasteiger partial charge in [-0.3, -0.25) is 9.80 Å². The monoisotopic (exact) mass is 510 g/mol. The molecule has 4 rings (SSSR count). The number of aromatic nitrogens is 2. The van der Waals surface area contributed by atoms with E-state index < -0.39 is 5.60 Å². The highest BCUT2D eigenvalue weighted by atomic mass is 16.6. The summed E-state index contributed by atoms with van der Waals surface area (Å²) in [6.45, 7) is 15.8. The van der Waals surface area contributed by atoms with E-state index in [-0.39, 0.29) is 23.8 Å². The molecule has 37 heavy (non-hydrogen) atoms. The molecule has 2 amide bonds. The number of cyclic esters (lactones) is 1. The maximum absolute atomic E-state index is 12.7. The van der Waals surface area contributed by atoms with E-state index in [9.17, 15) is 9.59 Å². The highest BCUT2D eigenvalue weighted by Crippen LogP contribution is 2.26. The first kappa shape index (κ1) is 26.7. The molecule has 10 nitrogen and oxygen atoms in total. The Morgan fingerprint density at radius 1 is 1.16 bits per heavy atom. The number of hydrogen-bond donors (Lipinski definition) is 1. The van der Waals surface area contributed by atoms with Crippen LogP contribution in [0.3, 0.4) is 0 Å². The predicted octanol–water partition coefficient (Wildman–Crippen LogP) is 4.44. The van der Waals surface area contributed by atoms with E-state index in [1.54, 1.807) is 12.3 Å². The van der Waals surface area contributed by atoms with Crippen LogP contribution >= 0.6 is 0 Å². The highest BCUT2D eigenvalue weighted by Gasteiger charge is 2.38. The first-order chi connectivity index (χ1) is 17.4. The zero-order valence-electron chi connectivity index (χ0n) is 22.7. The van der Waals surface area contributed by atoms with Crippen LogP contribution in [0.25, 0.3) is 0 Å². The van der Waals surface area contributed by atoms with Gasteiger partial charge in [0, 0.05) is 32.4 Å². The Kier molecular flexibility index (Phi) is 7.59. The van der Waals surface area contributed by atoms with E-state index in [0.29, 0.717) is 31.5 Å². The summed E-state index contributed by atoms with van der Waals surface area (Å²) in [6.07, 6.45) is 0.997. The molecular formula is C27H38N6O4. The van der Waals surface area contributed by atoms with Crippen LogP contribution in [0.1, 0.15) is 58.7 Å². The number of benzene rings is 1. The Hall–Kier alpha value is -3.40. The van der Waals surface area contributed by atoms with Crippen molar-refractivity contribution in [1.29, 1.82) is 0 Å². The van der Waals surface area contributed by atoms with Gasteiger partial charge in [-0.15, -0.1) is 0 Å². The number of carbonyl (C=O) groups excluding carboxylic acids is 2. The Morgan fingerprint density at radius 3 is 2.51 bits per heavy atom. The predicted molar refractivity (Wildman–Crippen MR) is 142 cm³/mol. The van der Waals surface area contributed by atoms with Gasteiger partial charge in [-0.25, -0.2) is 14.6 Å². The second kappa shape index (κ2) is 10.5. The third-order valence-electron chi connectivity index (χ3n) is 6.50. The molecule has 2 fully saturated rings. The largest absolute Gasteiger partial charge is 0.447 e.